The Bertz CT molecular complexity index is 201. The van der Waals surface area contributed by atoms with E-state index in [1.54, 1.807) is 7.11 Å². The van der Waals surface area contributed by atoms with Crippen molar-refractivity contribution in [3.05, 3.63) is 0 Å². The Morgan fingerprint density at radius 1 is 1.06 bits per heavy atom. The topological polar surface area (TPSA) is 53.7 Å². The van der Waals surface area contributed by atoms with E-state index >= 15 is 0 Å². The zero-order chi connectivity index (χ0) is 13.4. The van der Waals surface area contributed by atoms with Gasteiger partial charge in [0, 0.05) is 26.4 Å². The lowest BCUT2D eigenvalue weighted by molar-refractivity contribution is -0.0367. The Balaban J connectivity index is 2.07. The van der Waals surface area contributed by atoms with Crippen LogP contribution in [0.25, 0.3) is 0 Å². The second kappa shape index (κ2) is 8.86. The van der Waals surface area contributed by atoms with E-state index in [1.807, 2.05) is 0 Å². The van der Waals surface area contributed by atoms with Crippen LogP contribution in [0.1, 0.15) is 33.1 Å². The number of nitrogens with two attached hydrogens (primary N) is 1. The molecule has 1 aliphatic rings. The van der Waals surface area contributed by atoms with Gasteiger partial charge in [0.1, 0.15) is 0 Å². The highest BCUT2D eigenvalue weighted by atomic mass is 16.5. The summed E-state index contributed by atoms with van der Waals surface area (Å²) in [6.45, 7) is 7.31. The van der Waals surface area contributed by atoms with Crippen molar-refractivity contribution in [1.29, 1.82) is 0 Å². The second-order valence-electron chi connectivity index (χ2n) is 5.51. The number of methoxy groups -OCH3 is 1. The summed E-state index contributed by atoms with van der Waals surface area (Å²) < 4.78 is 16.2. The maximum Gasteiger partial charge on any atom is 0.0751 e. The maximum absolute atomic E-state index is 6.17. The van der Waals surface area contributed by atoms with Crippen LogP contribution in [0.15, 0.2) is 0 Å². The summed E-state index contributed by atoms with van der Waals surface area (Å²) >= 11 is 0. The van der Waals surface area contributed by atoms with E-state index in [0.29, 0.717) is 19.1 Å². The van der Waals surface area contributed by atoms with E-state index in [0.717, 1.165) is 32.0 Å². The van der Waals surface area contributed by atoms with Gasteiger partial charge in [-0.3, -0.25) is 0 Å². The first-order valence-corrected chi connectivity index (χ1v) is 7.09. The lowest BCUT2D eigenvalue weighted by atomic mass is 9.78. The molecule has 0 aromatic rings. The molecule has 0 aromatic heterocycles. The third kappa shape index (κ3) is 5.65. The predicted octanol–water partition coefficient (Wildman–Crippen LogP) is 1.82. The van der Waals surface area contributed by atoms with Crippen molar-refractivity contribution in [2.45, 2.75) is 45.3 Å². The molecule has 0 heterocycles. The van der Waals surface area contributed by atoms with E-state index in [1.165, 1.54) is 6.42 Å². The van der Waals surface area contributed by atoms with Crippen LogP contribution in [0.5, 0.6) is 0 Å². The highest BCUT2D eigenvalue weighted by Gasteiger charge is 2.32. The minimum atomic E-state index is 0.193. The van der Waals surface area contributed by atoms with Crippen LogP contribution in [0, 0.1) is 11.8 Å². The van der Waals surface area contributed by atoms with Crippen molar-refractivity contribution in [3.63, 3.8) is 0 Å². The zero-order valence-corrected chi connectivity index (χ0v) is 12.1. The van der Waals surface area contributed by atoms with E-state index in [2.05, 4.69) is 13.8 Å². The van der Waals surface area contributed by atoms with Crippen LogP contribution in [0.2, 0.25) is 0 Å². The Morgan fingerprint density at radius 3 is 2.50 bits per heavy atom. The molecule has 1 rings (SSSR count). The average molecular weight is 259 g/mol. The minimum Gasteiger partial charge on any atom is -0.382 e. The summed E-state index contributed by atoms with van der Waals surface area (Å²) in [6, 6.07) is 0.193. The van der Waals surface area contributed by atoms with Crippen LogP contribution in [-0.4, -0.2) is 45.7 Å². The first-order valence-electron chi connectivity index (χ1n) is 7.09. The molecule has 4 nitrogen and oxygen atoms in total. The van der Waals surface area contributed by atoms with Crippen LogP contribution in [0.3, 0.4) is 0 Å². The Hall–Kier alpha value is -0.160. The van der Waals surface area contributed by atoms with Crippen molar-refractivity contribution >= 4 is 0 Å². The molecule has 0 amide bonds. The van der Waals surface area contributed by atoms with E-state index < -0.39 is 0 Å². The number of hydrogen-bond donors (Lipinski definition) is 1. The molecule has 1 saturated carbocycles. The highest BCUT2D eigenvalue weighted by molar-refractivity contribution is 4.86. The minimum absolute atomic E-state index is 0.193. The predicted molar refractivity (Wildman–Crippen MR) is 72.6 cm³/mol. The largest absolute Gasteiger partial charge is 0.382 e. The smallest absolute Gasteiger partial charge is 0.0751 e. The van der Waals surface area contributed by atoms with Gasteiger partial charge in [0.25, 0.3) is 0 Å². The molecule has 0 spiro atoms. The second-order valence-corrected chi connectivity index (χ2v) is 5.51. The van der Waals surface area contributed by atoms with Crippen LogP contribution >= 0.6 is 0 Å². The standard InChI is InChI=1S/C14H29NO3/c1-11-9-12(2)14(13(15)10-11)18-6-4-5-17-8-7-16-3/h11-14H,4-10,15H2,1-3H3. The van der Waals surface area contributed by atoms with Crippen molar-refractivity contribution in [3.8, 4) is 0 Å². The molecule has 0 saturated heterocycles. The summed E-state index contributed by atoms with van der Waals surface area (Å²) in [5, 5.41) is 0. The third-order valence-electron chi connectivity index (χ3n) is 3.61. The third-order valence-corrected chi connectivity index (χ3v) is 3.61. The molecule has 4 unspecified atom stereocenters. The van der Waals surface area contributed by atoms with E-state index in [9.17, 15) is 0 Å². The summed E-state index contributed by atoms with van der Waals surface area (Å²) in [7, 11) is 1.68. The van der Waals surface area contributed by atoms with Gasteiger partial charge in [-0.25, -0.2) is 0 Å². The fourth-order valence-electron chi connectivity index (χ4n) is 2.80. The molecule has 108 valence electrons. The Kier molecular flexibility index (Phi) is 7.82. The van der Waals surface area contributed by atoms with Crippen molar-refractivity contribution in [2.75, 3.05) is 33.5 Å². The summed E-state index contributed by atoms with van der Waals surface area (Å²) in [5.74, 6) is 1.30. The SMILES string of the molecule is COCCOCCCOC1C(C)CC(C)CC1N. The quantitative estimate of drug-likeness (QED) is 0.676. The maximum atomic E-state index is 6.17. The van der Waals surface area contributed by atoms with Gasteiger partial charge in [-0.1, -0.05) is 13.8 Å². The van der Waals surface area contributed by atoms with Gasteiger partial charge in [0.15, 0.2) is 0 Å². The summed E-state index contributed by atoms with van der Waals surface area (Å²) in [4.78, 5) is 0. The molecule has 0 aliphatic heterocycles. The van der Waals surface area contributed by atoms with Gasteiger partial charge >= 0.3 is 0 Å². The number of ether oxygens (including phenoxy) is 3. The van der Waals surface area contributed by atoms with Crippen molar-refractivity contribution in [1.82, 2.24) is 0 Å². The molecule has 2 N–H and O–H groups in total. The molecule has 0 radical (unpaired) electrons. The number of hydrogen-bond acceptors (Lipinski definition) is 4. The van der Waals surface area contributed by atoms with Crippen molar-refractivity contribution < 1.29 is 14.2 Å². The summed E-state index contributed by atoms with van der Waals surface area (Å²) in [5.41, 5.74) is 6.17. The van der Waals surface area contributed by atoms with Gasteiger partial charge in [-0.15, -0.1) is 0 Å². The number of rotatable bonds is 8. The van der Waals surface area contributed by atoms with Crippen LogP contribution in [-0.2, 0) is 14.2 Å². The molecule has 18 heavy (non-hydrogen) atoms. The average Bonchev–Trinajstić information content (AvgIpc) is 2.30. The first kappa shape index (κ1) is 15.9. The zero-order valence-electron chi connectivity index (χ0n) is 12.1. The highest BCUT2D eigenvalue weighted by Crippen LogP contribution is 2.30. The van der Waals surface area contributed by atoms with E-state index in [4.69, 9.17) is 19.9 Å². The molecule has 4 heteroatoms. The van der Waals surface area contributed by atoms with Crippen LogP contribution < -0.4 is 5.73 Å². The van der Waals surface area contributed by atoms with Crippen LogP contribution in [0.4, 0.5) is 0 Å². The fraction of sp³-hybridized carbons (Fsp3) is 1.00. The van der Waals surface area contributed by atoms with E-state index in [-0.39, 0.29) is 12.1 Å². The Morgan fingerprint density at radius 2 is 1.83 bits per heavy atom. The molecule has 1 aliphatic carbocycles. The van der Waals surface area contributed by atoms with Crippen molar-refractivity contribution in [2.24, 2.45) is 17.6 Å². The first-order chi connectivity index (χ1) is 8.65. The normalized spacial score (nSPS) is 32.7. The molecule has 4 atom stereocenters. The molecular weight excluding hydrogens is 230 g/mol. The van der Waals surface area contributed by atoms with Gasteiger partial charge in [0.2, 0.25) is 0 Å². The monoisotopic (exact) mass is 259 g/mol. The lowest BCUT2D eigenvalue weighted by Crippen LogP contribution is -2.46. The van der Waals surface area contributed by atoms with Gasteiger partial charge in [0.05, 0.1) is 19.3 Å². The lowest BCUT2D eigenvalue weighted by Gasteiger charge is -2.37. The van der Waals surface area contributed by atoms with Gasteiger partial charge < -0.3 is 19.9 Å². The Labute approximate surface area is 111 Å². The fourth-order valence-corrected chi connectivity index (χ4v) is 2.80. The molecule has 0 bridgehead atoms. The van der Waals surface area contributed by atoms with Gasteiger partial charge in [-0.2, -0.15) is 0 Å². The molecular formula is C14H29NO3. The molecule has 0 aromatic carbocycles. The van der Waals surface area contributed by atoms with Gasteiger partial charge in [-0.05, 0) is 31.1 Å². The molecule has 1 fully saturated rings. The summed E-state index contributed by atoms with van der Waals surface area (Å²) in [6.07, 6.45) is 3.46.